The number of carboxylic acids is 1. The Bertz CT molecular complexity index is 553. The summed E-state index contributed by atoms with van der Waals surface area (Å²) in [5.41, 5.74) is 0.891. The Labute approximate surface area is 106 Å². The van der Waals surface area contributed by atoms with Crippen molar-refractivity contribution >= 4 is 16.0 Å². The van der Waals surface area contributed by atoms with Crippen molar-refractivity contribution in [3.63, 3.8) is 0 Å². The summed E-state index contributed by atoms with van der Waals surface area (Å²) in [6.45, 7) is 0.767. The number of nitrogens with zero attached hydrogens (tertiary/aromatic N) is 1. The molecule has 18 heavy (non-hydrogen) atoms. The zero-order chi connectivity index (χ0) is 13.2. The van der Waals surface area contributed by atoms with Crippen LogP contribution in [-0.4, -0.2) is 36.1 Å². The lowest BCUT2D eigenvalue weighted by Crippen LogP contribution is -2.37. The molecule has 1 aliphatic rings. The summed E-state index contributed by atoms with van der Waals surface area (Å²) in [6.07, 6.45) is 1.56. The zero-order valence-corrected chi connectivity index (χ0v) is 10.7. The van der Waals surface area contributed by atoms with Crippen LogP contribution in [0.15, 0.2) is 24.3 Å². The van der Waals surface area contributed by atoms with Crippen molar-refractivity contribution in [2.45, 2.75) is 19.4 Å². The molecule has 1 N–H and O–H groups in total. The van der Waals surface area contributed by atoms with Gasteiger partial charge >= 0.3 is 5.97 Å². The van der Waals surface area contributed by atoms with Gasteiger partial charge in [0.05, 0.1) is 11.3 Å². The minimum absolute atomic E-state index is 0.182. The molecule has 0 saturated carbocycles. The van der Waals surface area contributed by atoms with Crippen LogP contribution in [0.3, 0.4) is 0 Å². The van der Waals surface area contributed by atoms with Gasteiger partial charge in [0, 0.05) is 13.1 Å². The van der Waals surface area contributed by atoms with Gasteiger partial charge in [-0.1, -0.05) is 12.1 Å². The molecule has 0 unspecified atom stereocenters. The summed E-state index contributed by atoms with van der Waals surface area (Å²) < 4.78 is 25.1. The van der Waals surface area contributed by atoms with E-state index < -0.39 is 16.0 Å². The van der Waals surface area contributed by atoms with Crippen LogP contribution in [0.1, 0.15) is 28.8 Å². The summed E-state index contributed by atoms with van der Waals surface area (Å²) in [4.78, 5) is 10.8. The smallest absolute Gasteiger partial charge is 0.335 e. The van der Waals surface area contributed by atoms with E-state index in [2.05, 4.69) is 0 Å². The van der Waals surface area contributed by atoms with Crippen LogP contribution >= 0.6 is 0 Å². The number of aromatic carboxylic acids is 1. The molecular weight excluding hydrogens is 254 g/mol. The number of sulfonamides is 1. The van der Waals surface area contributed by atoms with Gasteiger partial charge in [0.1, 0.15) is 0 Å². The number of carboxylic acid groups (broad SMARTS) is 1. The van der Waals surface area contributed by atoms with E-state index in [0.717, 1.165) is 6.42 Å². The molecule has 1 heterocycles. The van der Waals surface area contributed by atoms with E-state index in [1.54, 1.807) is 12.1 Å². The van der Waals surface area contributed by atoms with Gasteiger partial charge in [0.25, 0.3) is 0 Å². The molecule has 0 bridgehead atoms. The quantitative estimate of drug-likeness (QED) is 0.897. The predicted molar refractivity (Wildman–Crippen MR) is 66.8 cm³/mol. The third-order valence-electron chi connectivity index (χ3n) is 2.99. The predicted octanol–water partition coefficient (Wildman–Crippen LogP) is 1.31. The normalized spacial score (nSPS) is 19.6. The highest BCUT2D eigenvalue weighted by atomic mass is 32.2. The Balaban J connectivity index is 2.18. The first kappa shape index (κ1) is 13.0. The molecule has 98 valence electrons. The molecule has 5 nitrogen and oxygen atoms in total. The van der Waals surface area contributed by atoms with E-state index in [9.17, 15) is 13.2 Å². The number of hydrogen-bond donors (Lipinski definition) is 1. The molecule has 1 aliphatic heterocycles. The van der Waals surface area contributed by atoms with Gasteiger partial charge in [0.15, 0.2) is 0 Å². The second kappa shape index (κ2) is 5.07. The Morgan fingerprint density at radius 2 is 2.11 bits per heavy atom. The fourth-order valence-electron chi connectivity index (χ4n) is 2.02. The lowest BCUT2D eigenvalue weighted by Gasteiger charge is -2.26. The maximum Gasteiger partial charge on any atom is 0.335 e. The van der Waals surface area contributed by atoms with Crippen LogP contribution in [0.25, 0.3) is 0 Å². The highest BCUT2D eigenvalue weighted by molar-refractivity contribution is 7.89. The minimum atomic E-state index is -3.17. The molecule has 1 aromatic rings. The van der Waals surface area contributed by atoms with Crippen molar-refractivity contribution in [3.8, 4) is 0 Å². The van der Waals surface area contributed by atoms with Crippen molar-refractivity contribution in [3.05, 3.63) is 35.4 Å². The van der Waals surface area contributed by atoms with Crippen molar-refractivity contribution in [1.29, 1.82) is 0 Å². The van der Waals surface area contributed by atoms with Crippen LogP contribution < -0.4 is 0 Å². The lowest BCUT2D eigenvalue weighted by atomic mass is 10.1. The van der Waals surface area contributed by atoms with Gasteiger partial charge in [-0.2, -0.15) is 4.31 Å². The van der Waals surface area contributed by atoms with E-state index in [-0.39, 0.29) is 17.9 Å². The maximum absolute atomic E-state index is 11.8. The van der Waals surface area contributed by atoms with Crippen LogP contribution in [-0.2, 0) is 16.6 Å². The topological polar surface area (TPSA) is 74.7 Å². The summed E-state index contributed by atoms with van der Waals surface area (Å²) in [5, 5.41) is 8.89. The van der Waals surface area contributed by atoms with Crippen molar-refractivity contribution in [2.24, 2.45) is 0 Å². The largest absolute Gasteiger partial charge is 0.478 e. The number of carbonyl (C=O) groups is 1. The molecule has 0 amide bonds. The zero-order valence-electron chi connectivity index (χ0n) is 9.87. The number of hydrogen-bond acceptors (Lipinski definition) is 3. The van der Waals surface area contributed by atoms with E-state index in [1.165, 1.54) is 16.4 Å². The average Bonchev–Trinajstić information content (AvgIpc) is 2.32. The number of rotatable bonds is 3. The Kier molecular flexibility index (Phi) is 3.68. The van der Waals surface area contributed by atoms with E-state index >= 15 is 0 Å². The van der Waals surface area contributed by atoms with Gasteiger partial charge in [-0.15, -0.1) is 0 Å². The monoisotopic (exact) mass is 269 g/mol. The van der Waals surface area contributed by atoms with Gasteiger partial charge in [-0.05, 0) is 30.5 Å². The summed E-state index contributed by atoms with van der Waals surface area (Å²) in [7, 11) is -3.17. The van der Waals surface area contributed by atoms with Gasteiger partial charge in [0.2, 0.25) is 10.0 Å². The molecule has 0 spiro atoms. The van der Waals surface area contributed by atoms with Crippen LogP contribution in [0, 0.1) is 0 Å². The van der Waals surface area contributed by atoms with E-state index in [0.29, 0.717) is 18.5 Å². The minimum Gasteiger partial charge on any atom is -0.478 e. The fraction of sp³-hybridized carbons (Fsp3) is 0.417. The lowest BCUT2D eigenvalue weighted by molar-refractivity contribution is 0.0696. The van der Waals surface area contributed by atoms with E-state index in [4.69, 9.17) is 5.11 Å². The first-order chi connectivity index (χ1) is 8.49. The second-order valence-electron chi connectivity index (χ2n) is 4.36. The van der Waals surface area contributed by atoms with Crippen LogP contribution in [0.2, 0.25) is 0 Å². The third-order valence-corrected chi connectivity index (χ3v) is 4.89. The van der Waals surface area contributed by atoms with Gasteiger partial charge < -0.3 is 5.11 Å². The summed E-state index contributed by atoms with van der Waals surface area (Å²) in [6, 6.07) is 6.40. The Morgan fingerprint density at radius 1 is 1.33 bits per heavy atom. The molecule has 0 atom stereocenters. The molecule has 1 saturated heterocycles. The molecule has 2 rings (SSSR count). The molecule has 1 aromatic carbocycles. The maximum atomic E-state index is 11.8. The summed E-state index contributed by atoms with van der Waals surface area (Å²) >= 11 is 0. The SMILES string of the molecule is O=C(O)c1cccc(CN2CCCCS2(=O)=O)c1. The Hall–Kier alpha value is -1.40. The first-order valence-corrected chi connectivity index (χ1v) is 7.40. The van der Waals surface area contributed by atoms with Crippen molar-refractivity contribution in [2.75, 3.05) is 12.3 Å². The molecule has 6 heteroatoms. The van der Waals surface area contributed by atoms with E-state index in [1.807, 2.05) is 0 Å². The molecule has 0 aliphatic carbocycles. The third kappa shape index (κ3) is 2.88. The fourth-order valence-corrected chi connectivity index (χ4v) is 3.60. The standard InChI is InChI=1S/C12H15NO4S/c14-12(15)11-5-3-4-10(8-11)9-13-6-1-2-7-18(13,16)17/h3-5,8H,1-2,6-7,9H2,(H,14,15). The Morgan fingerprint density at radius 3 is 2.78 bits per heavy atom. The molecule has 0 aromatic heterocycles. The summed E-state index contributed by atoms with van der Waals surface area (Å²) in [5.74, 6) is -0.815. The first-order valence-electron chi connectivity index (χ1n) is 5.79. The second-order valence-corrected chi connectivity index (χ2v) is 6.45. The van der Waals surface area contributed by atoms with Gasteiger partial charge in [-0.3, -0.25) is 0 Å². The van der Waals surface area contributed by atoms with Crippen LogP contribution in [0.4, 0.5) is 0 Å². The average molecular weight is 269 g/mol. The molecule has 0 radical (unpaired) electrons. The highest BCUT2D eigenvalue weighted by Gasteiger charge is 2.25. The van der Waals surface area contributed by atoms with Crippen molar-refractivity contribution < 1.29 is 18.3 Å². The molecular formula is C12H15NO4S. The molecule has 1 fully saturated rings. The van der Waals surface area contributed by atoms with Crippen LogP contribution in [0.5, 0.6) is 0 Å². The van der Waals surface area contributed by atoms with Gasteiger partial charge in [-0.25, -0.2) is 13.2 Å². The van der Waals surface area contributed by atoms with Crippen molar-refractivity contribution in [1.82, 2.24) is 4.31 Å². The highest BCUT2D eigenvalue weighted by Crippen LogP contribution is 2.17. The number of benzene rings is 1.